The van der Waals surface area contributed by atoms with Crippen molar-refractivity contribution in [2.24, 2.45) is 0 Å². The Bertz CT molecular complexity index is 1210. The number of hydrogen-bond donors (Lipinski definition) is 0. The number of sulfonamides is 1. The molecular formula is C23H30BrClN4O3S2. The summed E-state index contributed by atoms with van der Waals surface area (Å²) < 4.78 is 28.9. The molecule has 1 heterocycles. The summed E-state index contributed by atoms with van der Waals surface area (Å²) in [5.74, 6) is -0.196. The van der Waals surface area contributed by atoms with Crippen LogP contribution in [0.15, 0.2) is 51.8 Å². The molecule has 0 N–H and O–H groups in total. The van der Waals surface area contributed by atoms with Gasteiger partial charge in [-0.3, -0.25) is 9.69 Å². The maximum Gasteiger partial charge on any atom is 0.260 e. The molecule has 0 fully saturated rings. The highest BCUT2D eigenvalue weighted by atomic mass is 79.9. The Morgan fingerprint density at radius 2 is 1.68 bits per heavy atom. The SMILES string of the molecule is CCN(CC)S(=O)(=O)c1ccc(C(=O)N(CCCN(C)C)c2nc3ccc(Br)cc3s2)cc1.Cl. The molecule has 0 bridgehead atoms. The monoisotopic (exact) mass is 588 g/mol. The van der Waals surface area contributed by atoms with Gasteiger partial charge in [0.2, 0.25) is 10.0 Å². The van der Waals surface area contributed by atoms with E-state index < -0.39 is 10.0 Å². The normalized spacial score (nSPS) is 11.7. The van der Waals surface area contributed by atoms with Gasteiger partial charge in [0.05, 0.1) is 15.1 Å². The number of fused-ring (bicyclic) bond motifs is 1. The third-order valence-electron chi connectivity index (χ3n) is 5.25. The van der Waals surface area contributed by atoms with E-state index in [9.17, 15) is 13.2 Å². The van der Waals surface area contributed by atoms with E-state index in [0.29, 0.717) is 30.3 Å². The number of halogens is 2. The van der Waals surface area contributed by atoms with E-state index in [-0.39, 0.29) is 23.2 Å². The van der Waals surface area contributed by atoms with E-state index in [1.807, 2.05) is 32.3 Å². The molecule has 0 aliphatic heterocycles. The number of rotatable bonds is 10. The van der Waals surface area contributed by atoms with E-state index >= 15 is 0 Å². The zero-order valence-corrected chi connectivity index (χ0v) is 23.7. The van der Waals surface area contributed by atoms with Crippen molar-refractivity contribution in [3.8, 4) is 0 Å². The van der Waals surface area contributed by atoms with Gasteiger partial charge in [0, 0.05) is 29.7 Å². The number of nitrogens with zero attached hydrogens (tertiary/aromatic N) is 4. The summed E-state index contributed by atoms with van der Waals surface area (Å²) in [4.78, 5) is 22.1. The fourth-order valence-electron chi connectivity index (χ4n) is 3.47. The van der Waals surface area contributed by atoms with Crippen LogP contribution in [0.3, 0.4) is 0 Å². The van der Waals surface area contributed by atoms with Gasteiger partial charge in [-0.05, 0) is 69.5 Å². The summed E-state index contributed by atoms with van der Waals surface area (Å²) in [6, 6.07) is 12.0. The Morgan fingerprint density at radius 1 is 1.03 bits per heavy atom. The van der Waals surface area contributed by atoms with Crippen LogP contribution in [0.2, 0.25) is 0 Å². The summed E-state index contributed by atoms with van der Waals surface area (Å²) >= 11 is 4.95. The lowest BCUT2D eigenvalue weighted by molar-refractivity contribution is 0.0986. The van der Waals surface area contributed by atoms with E-state index in [4.69, 9.17) is 0 Å². The van der Waals surface area contributed by atoms with Crippen LogP contribution in [-0.4, -0.2) is 68.8 Å². The first-order valence-electron chi connectivity index (χ1n) is 10.8. The van der Waals surface area contributed by atoms with Crippen LogP contribution < -0.4 is 4.90 Å². The fraction of sp³-hybridized carbons (Fsp3) is 0.391. The van der Waals surface area contributed by atoms with Crippen molar-refractivity contribution in [1.82, 2.24) is 14.2 Å². The lowest BCUT2D eigenvalue weighted by Gasteiger charge is -2.22. The first kappa shape index (κ1) is 28.7. The Morgan fingerprint density at radius 3 is 2.26 bits per heavy atom. The Labute approximate surface area is 220 Å². The van der Waals surface area contributed by atoms with Gasteiger partial charge in [0.1, 0.15) is 0 Å². The second kappa shape index (κ2) is 12.4. The molecule has 11 heteroatoms. The van der Waals surface area contributed by atoms with Gasteiger partial charge in [0.25, 0.3) is 5.91 Å². The molecule has 1 amide bonds. The molecule has 0 saturated carbocycles. The minimum absolute atomic E-state index is 0. The summed E-state index contributed by atoms with van der Waals surface area (Å²) in [5, 5.41) is 0.631. The molecule has 34 heavy (non-hydrogen) atoms. The number of carbonyl (C=O) groups excluding carboxylic acids is 1. The summed E-state index contributed by atoms with van der Waals surface area (Å²) in [5.41, 5.74) is 1.27. The highest BCUT2D eigenvalue weighted by molar-refractivity contribution is 9.10. The zero-order valence-electron chi connectivity index (χ0n) is 19.7. The minimum Gasteiger partial charge on any atom is -0.309 e. The standard InChI is InChI=1S/C23H29BrN4O3S2.ClH/c1-5-27(6-2)33(30,31)19-11-8-17(9-12-19)22(29)28(15-7-14-26(3)4)23-25-20-13-10-18(24)16-21(20)32-23;/h8-13,16H,5-7,14-15H2,1-4H3;1H. The van der Waals surface area contributed by atoms with Gasteiger partial charge in [0.15, 0.2) is 5.13 Å². The predicted octanol–water partition coefficient (Wildman–Crippen LogP) is 5.11. The number of thiazole rings is 1. The molecule has 0 spiro atoms. The quantitative estimate of drug-likeness (QED) is 0.329. The molecule has 0 unspecified atom stereocenters. The summed E-state index contributed by atoms with van der Waals surface area (Å²) in [7, 11) is 0.420. The molecular weight excluding hydrogens is 560 g/mol. The minimum atomic E-state index is -3.57. The molecule has 186 valence electrons. The second-order valence-corrected chi connectivity index (χ2v) is 11.7. The van der Waals surface area contributed by atoms with Gasteiger partial charge in [-0.1, -0.05) is 41.1 Å². The van der Waals surface area contributed by atoms with Gasteiger partial charge in [-0.25, -0.2) is 13.4 Å². The topological polar surface area (TPSA) is 73.8 Å². The van der Waals surface area contributed by atoms with Crippen LogP contribution >= 0.6 is 39.7 Å². The Balaban J connectivity index is 0.00000408. The van der Waals surface area contributed by atoms with Crippen LogP contribution in [0.25, 0.3) is 10.2 Å². The van der Waals surface area contributed by atoms with Crippen molar-refractivity contribution in [1.29, 1.82) is 0 Å². The average Bonchev–Trinajstić information content (AvgIpc) is 3.19. The number of aromatic nitrogens is 1. The van der Waals surface area contributed by atoms with E-state index in [2.05, 4.69) is 25.8 Å². The van der Waals surface area contributed by atoms with Gasteiger partial charge >= 0.3 is 0 Å². The molecule has 7 nitrogen and oxygen atoms in total. The Kier molecular flexibility index (Phi) is 10.5. The number of anilines is 1. The second-order valence-electron chi connectivity index (χ2n) is 7.84. The molecule has 0 radical (unpaired) electrons. The third-order valence-corrected chi connectivity index (χ3v) is 8.85. The molecule has 0 aliphatic carbocycles. The number of amides is 1. The maximum atomic E-state index is 13.5. The van der Waals surface area contributed by atoms with E-state index in [1.165, 1.54) is 27.8 Å². The summed E-state index contributed by atoms with van der Waals surface area (Å²) in [6.45, 7) is 5.75. The van der Waals surface area contributed by atoms with Crippen molar-refractivity contribution in [2.45, 2.75) is 25.2 Å². The summed E-state index contributed by atoms with van der Waals surface area (Å²) in [6.07, 6.45) is 0.785. The smallest absolute Gasteiger partial charge is 0.260 e. The molecule has 1 aromatic heterocycles. The van der Waals surface area contributed by atoms with Gasteiger partial charge < -0.3 is 4.90 Å². The average molecular weight is 590 g/mol. The fourth-order valence-corrected chi connectivity index (χ4v) is 6.47. The third kappa shape index (κ3) is 6.56. The van der Waals surface area contributed by atoms with Gasteiger partial charge in [-0.15, -0.1) is 12.4 Å². The van der Waals surface area contributed by atoms with Crippen LogP contribution in [-0.2, 0) is 10.0 Å². The highest BCUT2D eigenvalue weighted by Crippen LogP contribution is 2.32. The molecule has 3 aromatic rings. The molecule has 0 saturated heterocycles. The predicted molar refractivity (Wildman–Crippen MR) is 146 cm³/mol. The first-order valence-corrected chi connectivity index (χ1v) is 13.8. The number of carbonyl (C=O) groups is 1. The van der Waals surface area contributed by atoms with Crippen molar-refractivity contribution >= 4 is 71.0 Å². The van der Waals surface area contributed by atoms with Gasteiger partial charge in [-0.2, -0.15) is 4.31 Å². The molecule has 0 atom stereocenters. The van der Waals surface area contributed by atoms with Crippen LogP contribution in [0.4, 0.5) is 5.13 Å². The Hall–Kier alpha value is -1.56. The molecule has 2 aromatic carbocycles. The zero-order chi connectivity index (χ0) is 24.2. The van der Waals surface area contributed by atoms with Crippen molar-refractivity contribution in [2.75, 3.05) is 45.2 Å². The lowest BCUT2D eigenvalue weighted by Crippen LogP contribution is -2.33. The van der Waals surface area contributed by atoms with Crippen LogP contribution in [0.1, 0.15) is 30.6 Å². The van der Waals surface area contributed by atoms with Crippen LogP contribution in [0, 0.1) is 0 Å². The maximum absolute atomic E-state index is 13.5. The van der Waals surface area contributed by atoms with E-state index in [0.717, 1.165) is 27.7 Å². The lowest BCUT2D eigenvalue weighted by atomic mass is 10.2. The largest absolute Gasteiger partial charge is 0.309 e. The van der Waals surface area contributed by atoms with Crippen LogP contribution in [0.5, 0.6) is 0 Å². The highest BCUT2D eigenvalue weighted by Gasteiger charge is 2.24. The number of hydrogen-bond acceptors (Lipinski definition) is 6. The first-order chi connectivity index (χ1) is 15.7. The molecule has 3 rings (SSSR count). The van der Waals surface area contributed by atoms with E-state index in [1.54, 1.807) is 30.9 Å². The van der Waals surface area contributed by atoms with Crippen molar-refractivity contribution < 1.29 is 13.2 Å². The van der Waals surface area contributed by atoms with Crippen molar-refractivity contribution in [3.05, 3.63) is 52.5 Å². The number of benzene rings is 2. The molecule has 0 aliphatic rings. The van der Waals surface area contributed by atoms with Crippen molar-refractivity contribution in [3.63, 3.8) is 0 Å².